The molecule has 0 unspecified atom stereocenters. The van der Waals surface area contributed by atoms with Crippen LogP contribution in [0.15, 0.2) is 192 Å². The molecule has 2 heteroatoms. The SMILES string of the molecule is Cc1cc([C@@H](C)c2ccccc2)c(N=C2C(=Nc3c([C@@H](C)c4ccccc4)cc(C)cc3[C@@H](C)c3ccccc3)c3cccc4cccc2c34)c([C@@H](C)c2ccccc2)c1. The summed E-state index contributed by atoms with van der Waals surface area (Å²) < 4.78 is 0. The van der Waals surface area contributed by atoms with Crippen molar-refractivity contribution in [1.29, 1.82) is 0 Å². The van der Waals surface area contributed by atoms with Crippen molar-refractivity contribution in [3.63, 3.8) is 0 Å². The third kappa shape index (κ3) is 7.32. The first kappa shape index (κ1) is 38.9. The Morgan fingerprint density at radius 1 is 0.333 bits per heavy atom. The van der Waals surface area contributed by atoms with E-state index in [2.05, 4.69) is 224 Å². The van der Waals surface area contributed by atoms with Crippen LogP contribution in [0.25, 0.3) is 10.8 Å². The zero-order chi connectivity index (χ0) is 41.3. The van der Waals surface area contributed by atoms with E-state index >= 15 is 0 Å². The average Bonchev–Trinajstić information content (AvgIpc) is 3.59. The summed E-state index contributed by atoms with van der Waals surface area (Å²) >= 11 is 0. The molecule has 0 aromatic heterocycles. The van der Waals surface area contributed by atoms with Crippen LogP contribution in [0.3, 0.4) is 0 Å². The van der Waals surface area contributed by atoms with E-state index in [1.807, 2.05) is 0 Å². The van der Waals surface area contributed by atoms with Crippen LogP contribution in [0.2, 0.25) is 0 Å². The first-order valence-corrected chi connectivity index (χ1v) is 21.5. The van der Waals surface area contributed by atoms with Crippen LogP contribution in [0.4, 0.5) is 11.4 Å². The topological polar surface area (TPSA) is 24.7 Å². The van der Waals surface area contributed by atoms with E-state index in [9.17, 15) is 0 Å². The molecule has 0 spiro atoms. The maximum atomic E-state index is 5.98. The Balaban J connectivity index is 1.35. The summed E-state index contributed by atoms with van der Waals surface area (Å²) in [7, 11) is 0. The van der Waals surface area contributed by atoms with E-state index in [0.29, 0.717) is 0 Å². The maximum Gasteiger partial charge on any atom is 0.0979 e. The Kier molecular flexibility index (Phi) is 10.7. The van der Waals surface area contributed by atoms with Gasteiger partial charge in [-0.1, -0.05) is 221 Å². The molecule has 1 aliphatic carbocycles. The molecule has 9 rings (SSSR count). The summed E-state index contributed by atoms with van der Waals surface area (Å²) in [6.07, 6.45) is 0. The Morgan fingerprint density at radius 3 is 0.900 bits per heavy atom. The van der Waals surface area contributed by atoms with Gasteiger partial charge in [-0.15, -0.1) is 0 Å². The highest BCUT2D eigenvalue weighted by atomic mass is 14.9. The molecule has 0 fully saturated rings. The molecule has 0 saturated carbocycles. The van der Waals surface area contributed by atoms with Gasteiger partial charge in [0.25, 0.3) is 0 Å². The highest BCUT2D eigenvalue weighted by Gasteiger charge is 2.31. The fourth-order valence-electron chi connectivity index (χ4n) is 9.38. The number of aliphatic imine (C=N–C) groups is 2. The van der Waals surface area contributed by atoms with Gasteiger partial charge in [0, 0.05) is 40.2 Å². The standard InChI is InChI=1S/C58H52N2/c1-37-33-50(39(3)43-21-11-7-12-22-43)55(51(34-37)40(4)44-23-13-8-14-24-44)59-57-48-31-19-29-47-30-20-32-49(54(47)48)58(57)60-56-52(41(5)45-25-15-9-16-26-45)35-38(2)36-53(56)42(6)46-27-17-10-18-28-46/h7-36,39-42H,1-6H3/t39-,40-,41-,42-/m0/s1. The van der Waals surface area contributed by atoms with Gasteiger partial charge in [-0.05, 0) is 63.7 Å². The molecular weight excluding hydrogens is 725 g/mol. The largest absolute Gasteiger partial charge is 0.245 e. The van der Waals surface area contributed by atoms with Crippen LogP contribution in [0.5, 0.6) is 0 Å². The predicted molar refractivity (Wildman–Crippen MR) is 255 cm³/mol. The lowest BCUT2D eigenvalue weighted by atomic mass is 9.84. The smallest absolute Gasteiger partial charge is 0.0979 e. The predicted octanol–water partition coefficient (Wildman–Crippen LogP) is 15.3. The summed E-state index contributed by atoms with van der Waals surface area (Å²) in [6.45, 7) is 13.7. The summed E-state index contributed by atoms with van der Waals surface area (Å²) in [5.74, 6) is 0.448. The van der Waals surface area contributed by atoms with E-state index < -0.39 is 0 Å². The van der Waals surface area contributed by atoms with E-state index in [1.165, 1.54) is 66.4 Å². The molecule has 0 saturated heterocycles. The molecule has 294 valence electrons. The summed E-state index contributed by atoms with van der Waals surface area (Å²) in [6, 6.07) is 66.2. The van der Waals surface area contributed by atoms with Gasteiger partial charge in [0.15, 0.2) is 0 Å². The number of aryl methyl sites for hydroxylation is 2. The molecule has 1 aliphatic rings. The van der Waals surface area contributed by atoms with Crippen molar-refractivity contribution in [3.8, 4) is 0 Å². The number of rotatable bonds is 10. The van der Waals surface area contributed by atoms with Gasteiger partial charge >= 0.3 is 0 Å². The summed E-state index contributed by atoms with van der Waals surface area (Å²) in [5.41, 5.74) is 18.6. The molecule has 8 aromatic carbocycles. The lowest BCUT2D eigenvalue weighted by molar-refractivity contribution is 0.883. The van der Waals surface area contributed by atoms with Crippen LogP contribution < -0.4 is 0 Å². The van der Waals surface area contributed by atoms with Gasteiger partial charge < -0.3 is 0 Å². The first-order valence-electron chi connectivity index (χ1n) is 21.5. The lowest BCUT2D eigenvalue weighted by Crippen LogP contribution is -2.13. The molecule has 4 atom stereocenters. The summed E-state index contributed by atoms with van der Waals surface area (Å²) in [5, 5.41) is 2.41. The quantitative estimate of drug-likeness (QED) is 0.132. The second-order valence-corrected chi connectivity index (χ2v) is 16.7. The zero-order valence-corrected chi connectivity index (χ0v) is 35.5. The van der Waals surface area contributed by atoms with E-state index in [4.69, 9.17) is 9.98 Å². The highest BCUT2D eigenvalue weighted by molar-refractivity contribution is 6.61. The van der Waals surface area contributed by atoms with Crippen LogP contribution in [0.1, 0.15) is 118 Å². The van der Waals surface area contributed by atoms with Gasteiger partial charge in [0.05, 0.1) is 22.8 Å². The zero-order valence-electron chi connectivity index (χ0n) is 35.5. The van der Waals surface area contributed by atoms with Crippen LogP contribution in [-0.4, -0.2) is 11.4 Å². The minimum Gasteiger partial charge on any atom is -0.245 e. The van der Waals surface area contributed by atoms with Crippen molar-refractivity contribution in [3.05, 3.63) is 249 Å². The van der Waals surface area contributed by atoms with Crippen molar-refractivity contribution in [2.45, 2.75) is 65.2 Å². The molecule has 0 aliphatic heterocycles. The third-order valence-corrected chi connectivity index (χ3v) is 12.8. The highest BCUT2D eigenvalue weighted by Crippen LogP contribution is 2.45. The third-order valence-electron chi connectivity index (χ3n) is 12.8. The van der Waals surface area contributed by atoms with E-state index in [0.717, 1.165) is 33.9 Å². The molecule has 0 heterocycles. The number of nitrogens with zero attached hydrogens (tertiary/aromatic N) is 2. The Morgan fingerprint density at radius 2 is 0.617 bits per heavy atom. The monoisotopic (exact) mass is 776 g/mol. The van der Waals surface area contributed by atoms with Crippen LogP contribution in [0, 0.1) is 13.8 Å². The second kappa shape index (κ2) is 16.5. The fourth-order valence-corrected chi connectivity index (χ4v) is 9.38. The molecule has 8 aromatic rings. The Hall–Kier alpha value is -6.64. The van der Waals surface area contributed by atoms with Gasteiger partial charge in [0.2, 0.25) is 0 Å². The molecule has 60 heavy (non-hydrogen) atoms. The molecule has 0 N–H and O–H groups in total. The van der Waals surface area contributed by atoms with Crippen molar-refractivity contribution in [2.75, 3.05) is 0 Å². The second-order valence-electron chi connectivity index (χ2n) is 16.7. The van der Waals surface area contributed by atoms with Gasteiger partial charge in [-0.2, -0.15) is 0 Å². The van der Waals surface area contributed by atoms with Gasteiger partial charge in [-0.3, -0.25) is 0 Å². The molecular formula is C58H52N2. The lowest BCUT2D eigenvalue weighted by Gasteiger charge is -2.24. The number of hydrogen-bond donors (Lipinski definition) is 0. The molecule has 0 amide bonds. The van der Waals surface area contributed by atoms with Crippen LogP contribution >= 0.6 is 0 Å². The van der Waals surface area contributed by atoms with Crippen molar-refractivity contribution >= 4 is 33.6 Å². The van der Waals surface area contributed by atoms with E-state index in [-0.39, 0.29) is 23.7 Å². The average molecular weight is 777 g/mol. The first-order chi connectivity index (χ1) is 29.3. The van der Waals surface area contributed by atoms with Gasteiger partial charge in [-0.25, -0.2) is 9.98 Å². The maximum absolute atomic E-state index is 5.98. The molecule has 0 bridgehead atoms. The number of hydrogen-bond acceptors (Lipinski definition) is 2. The van der Waals surface area contributed by atoms with Crippen molar-refractivity contribution < 1.29 is 0 Å². The normalized spacial score (nSPS) is 15.6. The Bertz CT molecular complexity index is 2540. The Labute approximate surface area is 356 Å². The summed E-state index contributed by atoms with van der Waals surface area (Å²) in [4.78, 5) is 12.0. The molecule has 0 radical (unpaired) electrons. The molecule has 2 nitrogen and oxygen atoms in total. The fraction of sp³-hybridized carbons (Fsp3) is 0.172. The van der Waals surface area contributed by atoms with E-state index in [1.54, 1.807) is 0 Å². The number of benzene rings is 8. The van der Waals surface area contributed by atoms with Crippen LogP contribution in [-0.2, 0) is 0 Å². The minimum absolute atomic E-state index is 0.112. The minimum atomic E-state index is 0.112. The van der Waals surface area contributed by atoms with Crippen molar-refractivity contribution in [2.24, 2.45) is 9.98 Å². The van der Waals surface area contributed by atoms with Gasteiger partial charge in [0.1, 0.15) is 0 Å². The van der Waals surface area contributed by atoms with Crippen molar-refractivity contribution in [1.82, 2.24) is 0 Å².